The molecule has 0 heterocycles. The number of Topliss-reactive ketones (excluding diaryl/α,β-unsaturated/α-hetero) is 1. The lowest BCUT2D eigenvalue weighted by atomic mass is 10.1. The van der Waals surface area contributed by atoms with Crippen LogP contribution < -0.4 is 0 Å². The standard InChI is InChI=1S/C12H17NO3S/c1-10(14)7-8-11-5-4-6-12(9-11)17(15,16)13(2)3/h4-6,9H,7-8H2,1-3H3. The normalized spacial score (nSPS) is 11.8. The number of hydrogen-bond acceptors (Lipinski definition) is 3. The monoisotopic (exact) mass is 255 g/mol. The number of hydrogen-bond donors (Lipinski definition) is 0. The molecule has 0 aliphatic rings. The third-order valence-electron chi connectivity index (χ3n) is 2.44. The highest BCUT2D eigenvalue weighted by atomic mass is 32.2. The van der Waals surface area contributed by atoms with Crippen LogP contribution in [0.15, 0.2) is 29.2 Å². The second-order valence-corrected chi connectivity index (χ2v) is 6.29. The van der Waals surface area contributed by atoms with Gasteiger partial charge in [-0.25, -0.2) is 12.7 Å². The zero-order chi connectivity index (χ0) is 13.1. The van der Waals surface area contributed by atoms with Crippen molar-refractivity contribution in [1.82, 2.24) is 4.31 Å². The predicted molar refractivity (Wildman–Crippen MR) is 66.3 cm³/mol. The van der Waals surface area contributed by atoms with E-state index < -0.39 is 10.0 Å². The van der Waals surface area contributed by atoms with Crippen LogP contribution >= 0.6 is 0 Å². The Balaban J connectivity index is 2.98. The Labute approximate surface area is 102 Å². The van der Waals surface area contributed by atoms with E-state index in [0.717, 1.165) is 5.56 Å². The first-order chi connectivity index (χ1) is 7.84. The molecule has 1 rings (SSSR count). The molecule has 0 spiro atoms. The first-order valence-corrected chi connectivity index (χ1v) is 6.79. The highest BCUT2D eigenvalue weighted by Gasteiger charge is 2.16. The van der Waals surface area contributed by atoms with Crippen molar-refractivity contribution in [3.63, 3.8) is 0 Å². The minimum Gasteiger partial charge on any atom is -0.300 e. The fourth-order valence-electron chi connectivity index (χ4n) is 1.39. The largest absolute Gasteiger partial charge is 0.300 e. The van der Waals surface area contributed by atoms with Crippen molar-refractivity contribution in [1.29, 1.82) is 0 Å². The number of benzene rings is 1. The Morgan fingerprint density at radius 2 is 1.94 bits per heavy atom. The van der Waals surface area contributed by atoms with Crippen LogP contribution in [-0.2, 0) is 21.2 Å². The predicted octanol–water partition coefficient (Wildman–Crippen LogP) is 1.46. The number of carbonyl (C=O) groups excluding carboxylic acids is 1. The first-order valence-electron chi connectivity index (χ1n) is 5.35. The number of sulfonamides is 1. The van der Waals surface area contributed by atoms with Crippen LogP contribution in [-0.4, -0.2) is 32.6 Å². The van der Waals surface area contributed by atoms with Gasteiger partial charge in [-0.1, -0.05) is 12.1 Å². The van der Waals surface area contributed by atoms with E-state index in [-0.39, 0.29) is 10.7 Å². The minimum absolute atomic E-state index is 0.103. The molecule has 94 valence electrons. The van der Waals surface area contributed by atoms with E-state index in [1.54, 1.807) is 18.2 Å². The highest BCUT2D eigenvalue weighted by Crippen LogP contribution is 2.15. The van der Waals surface area contributed by atoms with E-state index >= 15 is 0 Å². The molecule has 1 aromatic carbocycles. The van der Waals surface area contributed by atoms with E-state index in [9.17, 15) is 13.2 Å². The highest BCUT2D eigenvalue weighted by molar-refractivity contribution is 7.89. The van der Waals surface area contributed by atoms with Crippen molar-refractivity contribution < 1.29 is 13.2 Å². The molecule has 17 heavy (non-hydrogen) atoms. The van der Waals surface area contributed by atoms with E-state index in [4.69, 9.17) is 0 Å². The second kappa shape index (κ2) is 5.42. The van der Waals surface area contributed by atoms with Crippen molar-refractivity contribution >= 4 is 15.8 Å². The van der Waals surface area contributed by atoms with Gasteiger partial charge in [0.15, 0.2) is 0 Å². The molecule has 0 radical (unpaired) electrons. The molecule has 0 aliphatic carbocycles. The number of rotatable bonds is 5. The van der Waals surface area contributed by atoms with E-state index in [0.29, 0.717) is 12.8 Å². The van der Waals surface area contributed by atoms with Crippen molar-refractivity contribution in [3.8, 4) is 0 Å². The Hall–Kier alpha value is -1.20. The zero-order valence-electron chi connectivity index (χ0n) is 10.3. The summed E-state index contributed by atoms with van der Waals surface area (Å²) in [5, 5.41) is 0. The van der Waals surface area contributed by atoms with Crippen molar-refractivity contribution in [3.05, 3.63) is 29.8 Å². The number of ketones is 1. The lowest BCUT2D eigenvalue weighted by molar-refractivity contribution is -0.116. The Bertz CT molecular complexity index is 506. The number of nitrogens with zero attached hydrogens (tertiary/aromatic N) is 1. The van der Waals surface area contributed by atoms with E-state index in [2.05, 4.69) is 0 Å². The average molecular weight is 255 g/mol. The quantitative estimate of drug-likeness (QED) is 0.800. The van der Waals surface area contributed by atoms with Crippen LogP contribution in [0.2, 0.25) is 0 Å². The van der Waals surface area contributed by atoms with Crippen molar-refractivity contribution in [2.75, 3.05) is 14.1 Å². The second-order valence-electron chi connectivity index (χ2n) is 4.14. The summed E-state index contributed by atoms with van der Waals surface area (Å²) in [7, 11) is -0.394. The fourth-order valence-corrected chi connectivity index (χ4v) is 2.37. The van der Waals surface area contributed by atoms with Gasteiger partial charge in [-0.15, -0.1) is 0 Å². The smallest absolute Gasteiger partial charge is 0.242 e. The third-order valence-corrected chi connectivity index (χ3v) is 4.25. The molecule has 0 aromatic heterocycles. The Morgan fingerprint density at radius 3 is 2.47 bits per heavy atom. The summed E-state index contributed by atoms with van der Waals surface area (Å²) in [6.07, 6.45) is 1.01. The van der Waals surface area contributed by atoms with Gasteiger partial charge in [0, 0.05) is 20.5 Å². The van der Waals surface area contributed by atoms with Crippen LogP contribution in [0.3, 0.4) is 0 Å². The molecule has 0 N–H and O–H groups in total. The summed E-state index contributed by atoms with van der Waals surface area (Å²) in [6, 6.07) is 6.72. The molecule has 0 bridgehead atoms. The molecule has 0 unspecified atom stereocenters. The van der Waals surface area contributed by atoms with Crippen LogP contribution in [0, 0.1) is 0 Å². The van der Waals surface area contributed by atoms with Gasteiger partial charge in [-0.05, 0) is 31.0 Å². The molecule has 0 fully saturated rings. The molecule has 0 saturated heterocycles. The van der Waals surface area contributed by atoms with E-state index in [1.807, 2.05) is 6.07 Å². The molecule has 4 nitrogen and oxygen atoms in total. The Morgan fingerprint density at radius 1 is 1.29 bits per heavy atom. The summed E-state index contributed by atoms with van der Waals surface area (Å²) in [5.41, 5.74) is 0.864. The summed E-state index contributed by atoms with van der Waals surface area (Å²) in [6.45, 7) is 1.53. The van der Waals surface area contributed by atoms with Gasteiger partial charge in [0.1, 0.15) is 5.78 Å². The van der Waals surface area contributed by atoms with Crippen molar-refractivity contribution in [2.45, 2.75) is 24.7 Å². The molecule has 0 atom stereocenters. The maximum atomic E-state index is 11.9. The van der Waals surface area contributed by atoms with Crippen LogP contribution in [0.5, 0.6) is 0 Å². The lowest BCUT2D eigenvalue weighted by Crippen LogP contribution is -2.22. The molecule has 5 heteroatoms. The molecule has 0 aliphatic heterocycles. The molecule has 0 amide bonds. The van der Waals surface area contributed by atoms with E-state index in [1.165, 1.54) is 25.3 Å². The van der Waals surface area contributed by atoms with Gasteiger partial charge in [-0.2, -0.15) is 0 Å². The van der Waals surface area contributed by atoms with Gasteiger partial charge in [0.25, 0.3) is 0 Å². The molecule has 0 saturated carbocycles. The maximum absolute atomic E-state index is 11.9. The van der Waals surface area contributed by atoms with Gasteiger partial charge in [0.05, 0.1) is 4.90 Å². The van der Waals surface area contributed by atoms with Crippen LogP contribution in [0.1, 0.15) is 18.9 Å². The van der Waals surface area contributed by atoms with Gasteiger partial charge in [-0.3, -0.25) is 0 Å². The number of aryl methyl sites for hydroxylation is 1. The molecular formula is C12H17NO3S. The fraction of sp³-hybridized carbons (Fsp3) is 0.417. The number of carbonyl (C=O) groups is 1. The third kappa shape index (κ3) is 3.64. The first kappa shape index (κ1) is 13.9. The molecule has 1 aromatic rings. The van der Waals surface area contributed by atoms with Crippen LogP contribution in [0.4, 0.5) is 0 Å². The van der Waals surface area contributed by atoms with Crippen molar-refractivity contribution in [2.24, 2.45) is 0 Å². The topological polar surface area (TPSA) is 54.5 Å². The summed E-state index contributed by atoms with van der Waals surface area (Å²) >= 11 is 0. The Kier molecular flexibility index (Phi) is 4.42. The minimum atomic E-state index is -3.39. The summed E-state index contributed by atoms with van der Waals surface area (Å²) in [5.74, 6) is 0.103. The summed E-state index contributed by atoms with van der Waals surface area (Å²) < 4.78 is 24.9. The lowest BCUT2D eigenvalue weighted by Gasteiger charge is -2.12. The summed E-state index contributed by atoms with van der Waals surface area (Å²) in [4.78, 5) is 11.1. The van der Waals surface area contributed by atoms with Gasteiger partial charge >= 0.3 is 0 Å². The van der Waals surface area contributed by atoms with Gasteiger partial charge < -0.3 is 4.79 Å². The SMILES string of the molecule is CC(=O)CCc1cccc(S(=O)(=O)N(C)C)c1. The van der Waals surface area contributed by atoms with Gasteiger partial charge in [0.2, 0.25) is 10.0 Å². The maximum Gasteiger partial charge on any atom is 0.242 e. The van der Waals surface area contributed by atoms with Crippen LogP contribution in [0.25, 0.3) is 0 Å². The zero-order valence-corrected chi connectivity index (χ0v) is 11.1. The molecular weight excluding hydrogens is 238 g/mol. The average Bonchev–Trinajstić information content (AvgIpc) is 2.26.